The molecular formula is C13H21N5O4. The Kier molecular flexibility index (Phi) is 5.23. The fraction of sp³-hybridized carbons (Fsp3) is 0.615. The van der Waals surface area contributed by atoms with Crippen molar-refractivity contribution in [2.45, 2.75) is 46.3 Å². The van der Waals surface area contributed by atoms with E-state index in [1.165, 1.54) is 0 Å². The Balaban J connectivity index is 2.95. The van der Waals surface area contributed by atoms with E-state index < -0.39 is 22.5 Å². The maximum Gasteiger partial charge on any atom is 0.329 e. The molecule has 1 atom stereocenters. The molecule has 9 heteroatoms. The molecule has 0 aliphatic rings. The number of ether oxygens (including phenoxy) is 1. The first-order valence-electron chi connectivity index (χ1n) is 6.77. The summed E-state index contributed by atoms with van der Waals surface area (Å²) in [6.07, 6.45) is 0.997. The van der Waals surface area contributed by atoms with E-state index in [1.807, 2.05) is 13.8 Å². The van der Waals surface area contributed by atoms with Crippen molar-refractivity contribution in [3.8, 4) is 0 Å². The maximum absolute atomic E-state index is 12.2. The van der Waals surface area contributed by atoms with Crippen LogP contribution in [0.5, 0.6) is 0 Å². The summed E-state index contributed by atoms with van der Waals surface area (Å²) in [6.45, 7) is 8.96. The molecule has 22 heavy (non-hydrogen) atoms. The standard InChI is InChI=1S/C13H21N5O4/c1-7(2)9(11(19)22-13(3,4)5)16-12-15-6-8(18(20)21)10(14)17-12/h6-7,9H,1-5H3,(H3,14,15,16,17)/t9-/m1/s1. The minimum atomic E-state index is -0.694. The Morgan fingerprint density at radius 1 is 1.45 bits per heavy atom. The molecule has 0 aliphatic carbocycles. The normalized spacial score (nSPS) is 12.8. The Hall–Kier alpha value is -2.45. The Bertz CT molecular complexity index is 568. The summed E-state index contributed by atoms with van der Waals surface area (Å²) >= 11 is 0. The van der Waals surface area contributed by atoms with Crippen molar-refractivity contribution in [2.75, 3.05) is 11.1 Å². The van der Waals surface area contributed by atoms with Crippen LogP contribution in [0, 0.1) is 16.0 Å². The minimum absolute atomic E-state index is 0.0349. The Labute approximate surface area is 128 Å². The van der Waals surface area contributed by atoms with Crippen LogP contribution in [0.4, 0.5) is 17.5 Å². The predicted octanol–water partition coefficient (Wildman–Crippen LogP) is 1.75. The van der Waals surface area contributed by atoms with Gasteiger partial charge in [0.05, 0.1) is 4.92 Å². The molecule has 0 radical (unpaired) electrons. The number of hydrogen-bond acceptors (Lipinski definition) is 8. The number of carbonyl (C=O) groups is 1. The zero-order valence-electron chi connectivity index (χ0n) is 13.3. The summed E-state index contributed by atoms with van der Waals surface area (Å²) < 4.78 is 5.33. The van der Waals surface area contributed by atoms with Crippen molar-refractivity contribution in [2.24, 2.45) is 5.92 Å². The van der Waals surface area contributed by atoms with Gasteiger partial charge in [0, 0.05) is 0 Å². The van der Waals surface area contributed by atoms with Crippen LogP contribution < -0.4 is 11.1 Å². The third-order valence-electron chi connectivity index (χ3n) is 2.61. The molecule has 0 amide bonds. The highest BCUT2D eigenvalue weighted by molar-refractivity contribution is 5.79. The first-order chi connectivity index (χ1) is 10.0. The summed E-state index contributed by atoms with van der Waals surface area (Å²) in [4.78, 5) is 29.8. The second-order valence-corrected chi connectivity index (χ2v) is 6.12. The summed E-state index contributed by atoms with van der Waals surface area (Å²) in [7, 11) is 0. The number of esters is 1. The van der Waals surface area contributed by atoms with Crippen molar-refractivity contribution < 1.29 is 14.5 Å². The fourth-order valence-corrected chi connectivity index (χ4v) is 1.60. The lowest BCUT2D eigenvalue weighted by molar-refractivity contribution is -0.384. The second kappa shape index (κ2) is 6.54. The molecule has 1 heterocycles. The summed E-state index contributed by atoms with van der Waals surface area (Å²) in [5.41, 5.74) is 4.49. The number of rotatable bonds is 5. The molecule has 0 unspecified atom stereocenters. The van der Waals surface area contributed by atoms with Crippen molar-refractivity contribution in [1.82, 2.24) is 9.97 Å². The SMILES string of the molecule is CC(C)[C@@H](Nc1ncc([N+](=O)[O-])c(N)n1)C(=O)OC(C)(C)C. The third-order valence-corrected chi connectivity index (χ3v) is 2.61. The number of nitrogens with two attached hydrogens (primary N) is 1. The number of nitrogens with one attached hydrogen (secondary N) is 1. The van der Waals surface area contributed by atoms with Gasteiger partial charge in [-0.1, -0.05) is 13.8 Å². The van der Waals surface area contributed by atoms with Crippen LogP contribution >= 0.6 is 0 Å². The van der Waals surface area contributed by atoms with Crippen LogP contribution in [0.25, 0.3) is 0 Å². The van der Waals surface area contributed by atoms with Crippen LogP contribution in [0.15, 0.2) is 6.20 Å². The number of nitro groups is 1. The molecule has 1 rings (SSSR count). The van der Waals surface area contributed by atoms with E-state index in [9.17, 15) is 14.9 Å². The average Bonchev–Trinajstić information content (AvgIpc) is 2.32. The molecule has 9 nitrogen and oxygen atoms in total. The average molecular weight is 311 g/mol. The molecule has 122 valence electrons. The zero-order valence-corrected chi connectivity index (χ0v) is 13.3. The monoisotopic (exact) mass is 311 g/mol. The van der Waals surface area contributed by atoms with Gasteiger partial charge in [-0.2, -0.15) is 4.98 Å². The summed E-state index contributed by atoms with van der Waals surface area (Å²) in [6, 6.07) is -0.694. The number of nitrogen functional groups attached to an aromatic ring is 1. The molecule has 0 fully saturated rings. The summed E-state index contributed by atoms with van der Waals surface area (Å²) in [5.74, 6) is -0.792. The van der Waals surface area contributed by atoms with Crippen molar-refractivity contribution in [3.05, 3.63) is 16.3 Å². The smallest absolute Gasteiger partial charge is 0.329 e. The Morgan fingerprint density at radius 3 is 2.45 bits per heavy atom. The molecule has 0 saturated carbocycles. The van der Waals surface area contributed by atoms with Crippen LogP contribution in [-0.2, 0) is 9.53 Å². The van der Waals surface area contributed by atoms with Gasteiger partial charge in [-0.25, -0.2) is 9.78 Å². The highest BCUT2D eigenvalue weighted by Crippen LogP contribution is 2.20. The van der Waals surface area contributed by atoms with E-state index in [-0.39, 0.29) is 23.4 Å². The quantitative estimate of drug-likeness (QED) is 0.477. The first-order valence-corrected chi connectivity index (χ1v) is 6.77. The van der Waals surface area contributed by atoms with E-state index in [4.69, 9.17) is 10.5 Å². The van der Waals surface area contributed by atoms with Gasteiger partial charge in [-0.3, -0.25) is 10.1 Å². The molecule has 0 aromatic carbocycles. The van der Waals surface area contributed by atoms with Gasteiger partial charge in [-0.15, -0.1) is 0 Å². The van der Waals surface area contributed by atoms with E-state index in [0.29, 0.717) is 0 Å². The zero-order chi connectivity index (χ0) is 17.1. The lowest BCUT2D eigenvalue weighted by Crippen LogP contribution is -2.40. The van der Waals surface area contributed by atoms with Gasteiger partial charge in [0.1, 0.15) is 17.8 Å². The van der Waals surface area contributed by atoms with Crippen LogP contribution in [0.3, 0.4) is 0 Å². The topological polar surface area (TPSA) is 133 Å². The van der Waals surface area contributed by atoms with Crippen molar-refractivity contribution in [1.29, 1.82) is 0 Å². The van der Waals surface area contributed by atoms with Crippen LogP contribution in [0.1, 0.15) is 34.6 Å². The third kappa shape index (κ3) is 4.83. The highest BCUT2D eigenvalue weighted by Gasteiger charge is 2.29. The molecule has 0 spiro atoms. The number of anilines is 2. The highest BCUT2D eigenvalue weighted by atomic mass is 16.6. The fourth-order valence-electron chi connectivity index (χ4n) is 1.60. The number of carbonyl (C=O) groups excluding carboxylic acids is 1. The minimum Gasteiger partial charge on any atom is -0.458 e. The van der Waals surface area contributed by atoms with Crippen molar-refractivity contribution >= 4 is 23.4 Å². The van der Waals surface area contributed by atoms with Gasteiger partial charge in [0.15, 0.2) is 0 Å². The number of hydrogen-bond donors (Lipinski definition) is 2. The van der Waals surface area contributed by atoms with Gasteiger partial charge < -0.3 is 15.8 Å². The van der Waals surface area contributed by atoms with Gasteiger partial charge in [0.25, 0.3) is 0 Å². The lowest BCUT2D eigenvalue weighted by atomic mass is 10.0. The van der Waals surface area contributed by atoms with Crippen LogP contribution in [-0.4, -0.2) is 32.5 Å². The predicted molar refractivity (Wildman–Crippen MR) is 81.2 cm³/mol. The number of aromatic nitrogens is 2. The first kappa shape index (κ1) is 17.6. The molecular weight excluding hydrogens is 290 g/mol. The molecule has 0 aliphatic heterocycles. The second-order valence-electron chi connectivity index (χ2n) is 6.12. The Morgan fingerprint density at radius 2 is 2.05 bits per heavy atom. The molecule has 0 saturated heterocycles. The van der Waals surface area contributed by atoms with Gasteiger partial charge in [0.2, 0.25) is 11.8 Å². The van der Waals surface area contributed by atoms with E-state index in [2.05, 4.69) is 15.3 Å². The summed E-state index contributed by atoms with van der Waals surface area (Å²) in [5, 5.41) is 13.5. The van der Waals surface area contributed by atoms with Crippen LogP contribution in [0.2, 0.25) is 0 Å². The van der Waals surface area contributed by atoms with E-state index in [1.54, 1.807) is 20.8 Å². The number of nitrogens with zero attached hydrogens (tertiary/aromatic N) is 3. The molecule has 1 aromatic heterocycles. The van der Waals surface area contributed by atoms with E-state index in [0.717, 1.165) is 6.20 Å². The largest absolute Gasteiger partial charge is 0.458 e. The van der Waals surface area contributed by atoms with Crippen molar-refractivity contribution in [3.63, 3.8) is 0 Å². The van der Waals surface area contributed by atoms with E-state index >= 15 is 0 Å². The maximum atomic E-state index is 12.2. The van der Waals surface area contributed by atoms with Gasteiger partial charge >= 0.3 is 11.7 Å². The molecule has 3 N–H and O–H groups in total. The molecule has 0 bridgehead atoms. The molecule has 1 aromatic rings. The lowest BCUT2D eigenvalue weighted by Gasteiger charge is -2.26. The van der Waals surface area contributed by atoms with Gasteiger partial charge in [-0.05, 0) is 26.7 Å².